The molecule has 8 heteroatoms. The summed E-state index contributed by atoms with van der Waals surface area (Å²) in [6.45, 7) is 1.83. The Morgan fingerprint density at radius 1 is 1.12 bits per heavy atom. The Balaban J connectivity index is 1.66. The molecular formula is C25H26ClFN2O4. The molecule has 6 nitrogen and oxygen atoms in total. The van der Waals surface area contributed by atoms with Crippen LogP contribution in [0.15, 0.2) is 48.5 Å². The van der Waals surface area contributed by atoms with Gasteiger partial charge in [-0.2, -0.15) is 0 Å². The number of rotatable bonds is 6. The van der Waals surface area contributed by atoms with Gasteiger partial charge in [0.05, 0.1) is 0 Å². The number of benzene rings is 2. The molecule has 0 spiro atoms. The highest BCUT2D eigenvalue weighted by molar-refractivity contribution is 6.30. The molecule has 1 saturated heterocycles. The lowest BCUT2D eigenvalue weighted by Gasteiger charge is -2.32. The van der Waals surface area contributed by atoms with E-state index < -0.39 is 29.3 Å². The molecule has 1 saturated carbocycles. The number of carbonyl (C=O) groups excluding carboxylic acids is 3. The van der Waals surface area contributed by atoms with Crippen LogP contribution in [0.5, 0.6) is 0 Å². The van der Waals surface area contributed by atoms with Crippen molar-refractivity contribution in [1.29, 1.82) is 0 Å². The molecule has 1 heterocycles. The van der Waals surface area contributed by atoms with Crippen molar-refractivity contribution in [3.05, 3.63) is 64.9 Å². The molecule has 2 fully saturated rings. The Morgan fingerprint density at radius 3 is 2.39 bits per heavy atom. The van der Waals surface area contributed by atoms with Crippen LogP contribution in [-0.2, 0) is 20.7 Å². The number of cyclic esters (lactones) is 1. The molecule has 2 aromatic rings. The fourth-order valence-electron chi connectivity index (χ4n) is 4.69. The van der Waals surface area contributed by atoms with Crippen LogP contribution in [0.2, 0.25) is 5.02 Å². The number of nitrogens with zero attached hydrogens (tertiary/aromatic N) is 1. The first-order valence-electron chi connectivity index (χ1n) is 11.2. The van der Waals surface area contributed by atoms with Crippen molar-refractivity contribution in [1.82, 2.24) is 4.90 Å². The van der Waals surface area contributed by atoms with Crippen molar-refractivity contribution in [2.45, 2.75) is 57.1 Å². The zero-order valence-corrected chi connectivity index (χ0v) is 19.1. The first kappa shape index (κ1) is 23.2. The minimum absolute atomic E-state index is 0.163. The molecule has 2 aliphatic rings. The summed E-state index contributed by atoms with van der Waals surface area (Å²) in [5, 5.41) is 3.17. The van der Waals surface area contributed by atoms with E-state index in [4.69, 9.17) is 16.3 Å². The third-order valence-corrected chi connectivity index (χ3v) is 6.85. The highest BCUT2D eigenvalue weighted by Gasteiger charge is 2.61. The van der Waals surface area contributed by atoms with Gasteiger partial charge in [0.25, 0.3) is 17.4 Å². The lowest BCUT2D eigenvalue weighted by molar-refractivity contribution is -0.147. The van der Waals surface area contributed by atoms with Crippen LogP contribution in [-0.4, -0.2) is 34.5 Å². The summed E-state index contributed by atoms with van der Waals surface area (Å²) in [5.41, 5.74) is -1.18. The van der Waals surface area contributed by atoms with Gasteiger partial charge in [0, 0.05) is 23.2 Å². The molecule has 1 aliphatic carbocycles. The SMILES string of the molecule is C[C@H](C1CCCCC1)N1C(=O)O[C@](Cc2ccc(F)cc2)(C(=O)Nc2ccc(Cl)cc2)C1=O. The van der Waals surface area contributed by atoms with Gasteiger partial charge in [-0.15, -0.1) is 0 Å². The summed E-state index contributed by atoms with van der Waals surface area (Å²) in [6.07, 6.45) is 4.03. The van der Waals surface area contributed by atoms with Crippen LogP contribution in [0.4, 0.5) is 14.9 Å². The number of hydrogen-bond acceptors (Lipinski definition) is 4. The van der Waals surface area contributed by atoms with E-state index in [0.29, 0.717) is 16.3 Å². The number of hydrogen-bond donors (Lipinski definition) is 1. The van der Waals surface area contributed by atoms with E-state index in [-0.39, 0.29) is 18.4 Å². The number of amides is 3. The predicted octanol–water partition coefficient (Wildman–Crippen LogP) is 5.35. The quantitative estimate of drug-likeness (QED) is 0.575. The van der Waals surface area contributed by atoms with Crippen LogP contribution in [0.1, 0.15) is 44.6 Å². The molecule has 0 unspecified atom stereocenters. The summed E-state index contributed by atoms with van der Waals surface area (Å²) in [7, 11) is 0. The second-order valence-corrected chi connectivity index (χ2v) is 9.21. The Kier molecular flexibility index (Phi) is 6.70. The molecule has 0 aromatic heterocycles. The van der Waals surface area contributed by atoms with Gasteiger partial charge in [0.2, 0.25) is 0 Å². The van der Waals surface area contributed by atoms with Gasteiger partial charge in [0.15, 0.2) is 0 Å². The Hall–Kier alpha value is -2.93. The third-order valence-electron chi connectivity index (χ3n) is 6.60. The molecule has 4 rings (SSSR count). The van der Waals surface area contributed by atoms with Crippen molar-refractivity contribution >= 4 is 35.2 Å². The molecule has 0 bridgehead atoms. The fourth-order valence-corrected chi connectivity index (χ4v) is 4.81. The number of carbonyl (C=O) groups is 3. The van der Waals surface area contributed by atoms with E-state index in [9.17, 15) is 18.8 Å². The number of ether oxygens (including phenoxy) is 1. The van der Waals surface area contributed by atoms with Crippen molar-refractivity contribution < 1.29 is 23.5 Å². The maximum Gasteiger partial charge on any atom is 0.418 e. The van der Waals surface area contributed by atoms with Crippen LogP contribution in [0.25, 0.3) is 0 Å². The van der Waals surface area contributed by atoms with Gasteiger partial charge in [-0.25, -0.2) is 14.1 Å². The van der Waals surface area contributed by atoms with Crippen LogP contribution in [0, 0.1) is 11.7 Å². The average molecular weight is 473 g/mol. The molecule has 2 aromatic carbocycles. The number of anilines is 1. The Morgan fingerprint density at radius 2 is 1.76 bits per heavy atom. The molecule has 2 atom stereocenters. The van der Waals surface area contributed by atoms with E-state index >= 15 is 0 Å². The molecule has 0 radical (unpaired) electrons. The van der Waals surface area contributed by atoms with Crippen molar-refractivity contribution in [3.8, 4) is 0 Å². The summed E-state index contributed by atoms with van der Waals surface area (Å²) in [4.78, 5) is 41.2. The second-order valence-electron chi connectivity index (χ2n) is 8.77. The van der Waals surface area contributed by atoms with E-state index in [1.807, 2.05) is 6.92 Å². The van der Waals surface area contributed by atoms with Crippen LogP contribution in [0.3, 0.4) is 0 Å². The van der Waals surface area contributed by atoms with Crippen LogP contribution >= 0.6 is 11.6 Å². The topological polar surface area (TPSA) is 75.7 Å². The minimum Gasteiger partial charge on any atom is -0.422 e. The first-order chi connectivity index (χ1) is 15.8. The summed E-state index contributed by atoms with van der Waals surface area (Å²) in [6, 6.07) is 11.4. The largest absolute Gasteiger partial charge is 0.422 e. The zero-order chi connectivity index (χ0) is 23.6. The maximum absolute atomic E-state index is 13.7. The van der Waals surface area contributed by atoms with Crippen molar-refractivity contribution in [3.63, 3.8) is 0 Å². The van der Waals surface area contributed by atoms with Gasteiger partial charge < -0.3 is 10.1 Å². The van der Waals surface area contributed by atoms with Crippen molar-refractivity contribution in [2.24, 2.45) is 5.92 Å². The summed E-state index contributed by atoms with van der Waals surface area (Å²) < 4.78 is 19.0. The Bertz CT molecular complexity index is 1040. The number of imide groups is 1. The van der Waals surface area contributed by atoms with Gasteiger partial charge >= 0.3 is 6.09 Å². The molecular weight excluding hydrogens is 447 g/mol. The van der Waals surface area contributed by atoms with Crippen molar-refractivity contribution in [2.75, 3.05) is 5.32 Å². The van der Waals surface area contributed by atoms with E-state index in [1.54, 1.807) is 24.3 Å². The van der Waals surface area contributed by atoms with E-state index in [2.05, 4.69) is 5.32 Å². The maximum atomic E-state index is 13.7. The molecule has 174 valence electrons. The third kappa shape index (κ3) is 4.74. The lowest BCUT2D eigenvalue weighted by atomic mass is 9.83. The molecule has 3 amide bonds. The highest BCUT2D eigenvalue weighted by Crippen LogP contribution is 2.36. The number of halogens is 2. The summed E-state index contributed by atoms with van der Waals surface area (Å²) >= 11 is 5.92. The second kappa shape index (κ2) is 9.51. The van der Waals surface area contributed by atoms with Gasteiger partial charge in [-0.1, -0.05) is 43.0 Å². The van der Waals surface area contributed by atoms with E-state index in [1.165, 1.54) is 24.3 Å². The molecule has 33 heavy (non-hydrogen) atoms. The average Bonchev–Trinajstić information content (AvgIpc) is 3.07. The Labute approximate surface area is 197 Å². The van der Waals surface area contributed by atoms with Gasteiger partial charge in [-0.3, -0.25) is 9.59 Å². The normalized spacial score (nSPS) is 22.2. The van der Waals surface area contributed by atoms with Gasteiger partial charge in [-0.05, 0) is 67.6 Å². The first-order valence-corrected chi connectivity index (χ1v) is 11.6. The van der Waals surface area contributed by atoms with Crippen LogP contribution < -0.4 is 5.32 Å². The molecule has 1 N–H and O–H groups in total. The lowest BCUT2D eigenvalue weighted by Crippen LogP contribution is -2.54. The minimum atomic E-state index is -2.09. The fraction of sp³-hybridized carbons (Fsp3) is 0.400. The monoisotopic (exact) mass is 472 g/mol. The number of nitrogens with one attached hydrogen (secondary N) is 1. The van der Waals surface area contributed by atoms with E-state index in [0.717, 1.165) is 37.0 Å². The summed E-state index contributed by atoms with van der Waals surface area (Å²) in [5.74, 6) is -1.73. The smallest absolute Gasteiger partial charge is 0.418 e. The van der Waals surface area contributed by atoms with Gasteiger partial charge in [0.1, 0.15) is 5.82 Å². The highest BCUT2D eigenvalue weighted by atomic mass is 35.5. The zero-order valence-electron chi connectivity index (χ0n) is 18.4. The standard InChI is InChI=1S/C25H26ClFN2O4/c1-16(18-5-3-2-4-6-18)29-23(31)25(33-24(29)32,15-17-7-11-20(27)12-8-17)22(30)28-21-13-9-19(26)10-14-21/h7-14,16,18H,2-6,15H2,1H3,(H,28,30)/t16-,25-/m1/s1. The predicted molar refractivity (Wildman–Crippen MR) is 122 cm³/mol. The molecule has 1 aliphatic heterocycles.